The number of nitrogens with one attached hydrogen (secondary N) is 1. The zero-order chi connectivity index (χ0) is 21.8. The summed E-state index contributed by atoms with van der Waals surface area (Å²) >= 11 is 1.29. The Bertz CT molecular complexity index is 996. The molecule has 156 valence electrons. The van der Waals surface area contributed by atoms with Crippen LogP contribution in [-0.4, -0.2) is 32.1 Å². The first-order valence-electron chi connectivity index (χ1n) is 9.08. The molecule has 7 nitrogen and oxygen atoms in total. The molecule has 0 unspecified atom stereocenters. The van der Waals surface area contributed by atoms with E-state index in [-0.39, 0.29) is 0 Å². The SMILES string of the molecule is COC(=O)C1=C(C)NC(C)=C(C(=O)OC)C1c1ccc(OC(=O)c2cccs2)cc1. The molecule has 1 N–H and O–H groups in total. The summed E-state index contributed by atoms with van der Waals surface area (Å²) in [6.45, 7) is 3.49. The second kappa shape index (κ2) is 8.96. The topological polar surface area (TPSA) is 90.9 Å². The van der Waals surface area contributed by atoms with E-state index in [4.69, 9.17) is 14.2 Å². The monoisotopic (exact) mass is 427 g/mol. The van der Waals surface area contributed by atoms with E-state index >= 15 is 0 Å². The van der Waals surface area contributed by atoms with Gasteiger partial charge in [-0.05, 0) is 43.0 Å². The molecule has 8 heteroatoms. The Morgan fingerprint density at radius 2 is 1.43 bits per heavy atom. The van der Waals surface area contributed by atoms with E-state index in [9.17, 15) is 14.4 Å². The molecule has 3 rings (SSSR count). The van der Waals surface area contributed by atoms with E-state index in [1.165, 1.54) is 25.6 Å². The summed E-state index contributed by atoms with van der Waals surface area (Å²) in [6.07, 6.45) is 0. The average Bonchev–Trinajstić information content (AvgIpc) is 3.28. The molecule has 0 bridgehead atoms. The summed E-state index contributed by atoms with van der Waals surface area (Å²) in [4.78, 5) is 37.7. The summed E-state index contributed by atoms with van der Waals surface area (Å²) in [6, 6.07) is 10.1. The van der Waals surface area contributed by atoms with Crippen LogP contribution in [0.15, 0.2) is 64.3 Å². The van der Waals surface area contributed by atoms with Crippen LogP contribution in [0.5, 0.6) is 5.75 Å². The minimum absolute atomic E-state index is 0.312. The molecular formula is C22H21NO6S. The lowest BCUT2D eigenvalue weighted by molar-refractivity contribution is -0.137. The molecule has 0 aliphatic carbocycles. The zero-order valence-electron chi connectivity index (χ0n) is 17.0. The minimum Gasteiger partial charge on any atom is -0.466 e. The number of benzene rings is 1. The van der Waals surface area contributed by atoms with Crippen molar-refractivity contribution in [2.24, 2.45) is 0 Å². The van der Waals surface area contributed by atoms with Crippen LogP contribution in [0.1, 0.15) is 35.0 Å². The van der Waals surface area contributed by atoms with Crippen molar-refractivity contribution in [3.63, 3.8) is 0 Å². The molecule has 0 saturated carbocycles. The summed E-state index contributed by atoms with van der Waals surface area (Å²) < 4.78 is 15.3. The normalized spacial score (nSPS) is 14.3. The average molecular weight is 427 g/mol. The fraction of sp³-hybridized carbons (Fsp3) is 0.227. The zero-order valence-corrected chi connectivity index (χ0v) is 17.8. The van der Waals surface area contributed by atoms with Crippen molar-refractivity contribution >= 4 is 29.2 Å². The molecule has 1 aromatic heterocycles. The van der Waals surface area contributed by atoms with Gasteiger partial charge in [-0.25, -0.2) is 14.4 Å². The Balaban J connectivity index is 1.98. The first kappa shape index (κ1) is 21.3. The Kier molecular flexibility index (Phi) is 6.37. The first-order valence-corrected chi connectivity index (χ1v) is 9.96. The maximum atomic E-state index is 12.5. The van der Waals surface area contributed by atoms with Crippen molar-refractivity contribution in [2.45, 2.75) is 19.8 Å². The van der Waals surface area contributed by atoms with Gasteiger partial charge in [0.2, 0.25) is 0 Å². The maximum absolute atomic E-state index is 12.5. The smallest absolute Gasteiger partial charge is 0.353 e. The molecule has 0 radical (unpaired) electrons. The van der Waals surface area contributed by atoms with Gasteiger partial charge in [0.05, 0.1) is 31.3 Å². The van der Waals surface area contributed by atoms with Gasteiger partial charge in [0, 0.05) is 11.4 Å². The van der Waals surface area contributed by atoms with Gasteiger partial charge in [0.25, 0.3) is 0 Å². The number of methoxy groups -OCH3 is 2. The lowest BCUT2D eigenvalue weighted by atomic mass is 9.80. The quantitative estimate of drug-likeness (QED) is 0.576. The van der Waals surface area contributed by atoms with E-state index < -0.39 is 23.8 Å². The van der Waals surface area contributed by atoms with Crippen LogP contribution in [0.2, 0.25) is 0 Å². The number of esters is 3. The molecule has 1 aromatic carbocycles. The molecule has 0 atom stereocenters. The number of hydrogen-bond donors (Lipinski definition) is 1. The van der Waals surface area contributed by atoms with E-state index in [2.05, 4.69) is 5.32 Å². The molecule has 0 fully saturated rings. The predicted molar refractivity (Wildman–Crippen MR) is 111 cm³/mol. The van der Waals surface area contributed by atoms with Gasteiger partial charge in [-0.15, -0.1) is 11.3 Å². The van der Waals surface area contributed by atoms with Crippen molar-refractivity contribution in [1.82, 2.24) is 5.32 Å². The van der Waals surface area contributed by atoms with E-state index in [1.54, 1.807) is 55.6 Å². The summed E-state index contributed by atoms with van der Waals surface area (Å²) in [5, 5.41) is 4.85. The highest BCUT2D eigenvalue weighted by atomic mass is 32.1. The van der Waals surface area contributed by atoms with Crippen LogP contribution >= 0.6 is 11.3 Å². The number of carbonyl (C=O) groups is 3. The summed E-state index contributed by atoms with van der Waals surface area (Å²) in [7, 11) is 2.57. The van der Waals surface area contributed by atoms with Crippen LogP contribution in [0.3, 0.4) is 0 Å². The van der Waals surface area contributed by atoms with Crippen LogP contribution in [0, 0.1) is 0 Å². The van der Waals surface area contributed by atoms with Crippen LogP contribution < -0.4 is 10.1 Å². The standard InChI is InChI=1S/C22H21NO6S/c1-12-17(21(25)27-3)19(18(13(2)23-12)22(26)28-4)14-7-9-15(10-8-14)29-20(24)16-6-5-11-30-16/h5-11,19,23H,1-4H3. The number of dihydropyridines is 1. The van der Waals surface area contributed by atoms with Crippen molar-refractivity contribution in [2.75, 3.05) is 14.2 Å². The highest BCUT2D eigenvalue weighted by Gasteiger charge is 2.37. The van der Waals surface area contributed by atoms with E-state index in [0.29, 0.717) is 38.7 Å². The van der Waals surface area contributed by atoms with Crippen LogP contribution in [-0.2, 0) is 19.1 Å². The van der Waals surface area contributed by atoms with Gasteiger partial charge in [-0.2, -0.15) is 0 Å². The van der Waals surface area contributed by atoms with E-state index in [1.807, 2.05) is 0 Å². The van der Waals surface area contributed by atoms with Crippen molar-refractivity contribution in [3.8, 4) is 5.75 Å². The molecule has 0 saturated heterocycles. The Morgan fingerprint density at radius 3 is 1.90 bits per heavy atom. The molecular weight excluding hydrogens is 406 g/mol. The fourth-order valence-corrected chi connectivity index (χ4v) is 3.97. The molecule has 1 aliphatic rings. The van der Waals surface area contributed by atoms with Gasteiger partial charge >= 0.3 is 17.9 Å². The van der Waals surface area contributed by atoms with Gasteiger partial charge < -0.3 is 19.5 Å². The van der Waals surface area contributed by atoms with Crippen LogP contribution in [0.4, 0.5) is 0 Å². The Hall–Kier alpha value is -3.39. The van der Waals surface area contributed by atoms with Crippen molar-refractivity contribution in [3.05, 3.63) is 74.8 Å². The van der Waals surface area contributed by atoms with Crippen LogP contribution in [0.25, 0.3) is 0 Å². The molecule has 2 heterocycles. The van der Waals surface area contributed by atoms with Gasteiger partial charge in [0.15, 0.2) is 0 Å². The Labute approximate surface area is 177 Å². The second-order valence-corrected chi connectivity index (χ2v) is 7.50. The molecule has 2 aromatic rings. The van der Waals surface area contributed by atoms with Crippen molar-refractivity contribution in [1.29, 1.82) is 0 Å². The van der Waals surface area contributed by atoms with E-state index in [0.717, 1.165) is 0 Å². The van der Waals surface area contributed by atoms with Crippen molar-refractivity contribution < 1.29 is 28.6 Å². The third-order valence-corrected chi connectivity index (χ3v) is 5.57. The van der Waals surface area contributed by atoms with Gasteiger partial charge in [-0.3, -0.25) is 0 Å². The number of thiophene rings is 1. The lowest BCUT2D eigenvalue weighted by Gasteiger charge is -2.30. The molecule has 0 amide bonds. The third-order valence-electron chi connectivity index (χ3n) is 4.72. The molecule has 30 heavy (non-hydrogen) atoms. The summed E-state index contributed by atoms with van der Waals surface area (Å²) in [5.74, 6) is -1.88. The molecule has 0 spiro atoms. The third kappa shape index (κ3) is 4.13. The number of rotatable bonds is 5. The summed E-state index contributed by atoms with van der Waals surface area (Å²) in [5.41, 5.74) is 2.46. The number of carbonyl (C=O) groups excluding carboxylic acids is 3. The predicted octanol–water partition coefficient (Wildman–Crippen LogP) is 3.55. The molecule has 1 aliphatic heterocycles. The van der Waals surface area contributed by atoms with Gasteiger partial charge in [-0.1, -0.05) is 18.2 Å². The first-order chi connectivity index (χ1) is 14.4. The maximum Gasteiger partial charge on any atom is 0.353 e. The second-order valence-electron chi connectivity index (χ2n) is 6.55. The highest BCUT2D eigenvalue weighted by molar-refractivity contribution is 7.12. The number of allylic oxidation sites excluding steroid dienone is 2. The number of ether oxygens (including phenoxy) is 3. The lowest BCUT2D eigenvalue weighted by Crippen LogP contribution is -2.32. The van der Waals surface area contributed by atoms with Gasteiger partial charge in [0.1, 0.15) is 10.6 Å². The Morgan fingerprint density at radius 1 is 0.867 bits per heavy atom. The highest BCUT2D eigenvalue weighted by Crippen LogP contribution is 2.39. The fourth-order valence-electron chi connectivity index (χ4n) is 3.37. The largest absolute Gasteiger partial charge is 0.466 e. The minimum atomic E-state index is -0.687. The number of hydrogen-bond acceptors (Lipinski definition) is 8.